The summed E-state index contributed by atoms with van der Waals surface area (Å²) in [6.45, 7) is 2.29. The molecule has 2 aromatic rings. The summed E-state index contributed by atoms with van der Waals surface area (Å²) >= 11 is 0. The maximum Gasteiger partial charge on any atom is 0.251 e. The van der Waals surface area contributed by atoms with E-state index < -0.39 is 0 Å². The van der Waals surface area contributed by atoms with Crippen molar-refractivity contribution in [2.24, 2.45) is 0 Å². The predicted molar refractivity (Wildman–Crippen MR) is 75.9 cm³/mol. The maximum atomic E-state index is 11.8. The van der Waals surface area contributed by atoms with Crippen molar-refractivity contribution in [2.45, 2.75) is 20.0 Å². The molecular weight excluding hydrogens is 256 g/mol. The zero-order chi connectivity index (χ0) is 14.5. The number of nitrogen functional groups attached to an aromatic ring is 1. The number of carbonyl (C=O) groups is 1. The van der Waals surface area contributed by atoms with Crippen molar-refractivity contribution in [2.75, 3.05) is 5.73 Å². The van der Waals surface area contributed by atoms with E-state index >= 15 is 0 Å². The zero-order valence-electron chi connectivity index (χ0n) is 11.2. The topological polar surface area (TPSA) is 90.0 Å². The van der Waals surface area contributed by atoms with Gasteiger partial charge in [-0.1, -0.05) is 0 Å². The maximum absolute atomic E-state index is 11.8. The zero-order valence-corrected chi connectivity index (χ0v) is 11.2. The first kappa shape index (κ1) is 13.8. The molecule has 1 amide bonds. The number of aromatic nitrogens is 2. The Labute approximate surface area is 116 Å². The number of nitrogens with zero attached hydrogens (tertiary/aromatic N) is 2. The number of carbonyl (C=O) groups excluding carboxylic acids is 1. The van der Waals surface area contributed by atoms with Crippen LogP contribution >= 0.6 is 0 Å². The van der Waals surface area contributed by atoms with Crippen LogP contribution in [0.1, 0.15) is 11.1 Å². The van der Waals surface area contributed by atoms with E-state index in [9.17, 15) is 9.59 Å². The number of nitrogens with two attached hydrogens (primary N) is 1. The van der Waals surface area contributed by atoms with Gasteiger partial charge in [-0.15, -0.1) is 0 Å². The number of rotatable bonds is 4. The van der Waals surface area contributed by atoms with Crippen LogP contribution in [0.15, 0.2) is 41.6 Å². The van der Waals surface area contributed by atoms with Crippen LogP contribution in [0.5, 0.6) is 0 Å². The van der Waals surface area contributed by atoms with Gasteiger partial charge in [-0.25, -0.2) is 0 Å². The SMILES string of the molecule is Cc1cnccc1CNC(=O)Cn1cc(N)ccc1=O. The standard InChI is InChI=1S/C14H16N4O2/c1-10-6-16-5-4-11(10)7-17-13(19)9-18-8-12(15)2-3-14(18)20/h2-6,8H,7,9,15H2,1H3,(H,17,19). The molecule has 2 heterocycles. The first-order valence-electron chi connectivity index (χ1n) is 6.18. The van der Waals surface area contributed by atoms with Crippen LogP contribution < -0.4 is 16.6 Å². The second-order valence-corrected chi connectivity index (χ2v) is 4.51. The number of pyridine rings is 2. The average Bonchev–Trinajstić information content (AvgIpc) is 2.42. The molecule has 0 spiro atoms. The summed E-state index contributed by atoms with van der Waals surface area (Å²) in [6, 6.07) is 4.70. The van der Waals surface area contributed by atoms with Gasteiger partial charge in [0.2, 0.25) is 5.91 Å². The van der Waals surface area contributed by atoms with Gasteiger partial charge in [0, 0.05) is 36.9 Å². The number of anilines is 1. The van der Waals surface area contributed by atoms with Crippen LogP contribution in [-0.4, -0.2) is 15.5 Å². The normalized spacial score (nSPS) is 10.2. The van der Waals surface area contributed by atoms with Crippen LogP contribution in [0.4, 0.5) is 5.69 Å². The number of hydrogen-bond donors (Lipinski definition) is 2. The Kier molecular flexibility index (Phi) is 4.14. The van der Waals surface area contributed by atoms with Crippen molar-refractivity contribution >= 4 is 11.6 Å². The Bertz CT molecular complexity index is 679. The second-order valence-electron chi connectivity index (χ2n) is 4.51. The average molecular weight is 272 g/mol. The van der Waals surface area contributed by atoms with Crippen LogP contribution in [0.2, 0.25) is 0 Å². The van der Waals surface area contributed by atoms with Crippen LogP contribution in [0.3, 0.4) is 0 Å². The van der Waals surface area contributed by atoms with Crippen molar-refractivity contribution in [3.63, 3.8) is 0 Å². The number of aryl methyl sites for hydroxylation is 1. The number of nitrogens with one attached hydrogen (secondary N) is 1. The highest BCUT2D eigenvalue weighted by atomic mass is 16.2. The lowest BCUT2D eigenvalue weighted by molar-refractivity contribution is -0.121. The van der Waals surface area contributed by atoms with Crippen molar-refractivity contribution < 1.29 is 4.79 Å². The molecule has 0 saturated carbocycles. The van der Waals surface area contributed by atoms with Gasteiger partial charge in [-0.2, -0.15) is 0 Å². The summed E-state index contributed by atoms with van der Waals surface area (Å²) in [7, 11) is 0. The molecule has 0 fully saturated rings. The quantitative estimate of drug-likeness (QED) is 0.845. The van der Waals surface area contributed by atoms with Gasteiger partial charge in [-0.3, -0.25) is 14.6 Å². The first-order valence-corrected chi connectivity index (χ1v) is 6.18. The highest BCUT2D eigenvalue weighted by molar-refractivity contribution is 5.75. The smallest absolute Gasteiger partial charge is 0.251 e. The van der Waals surface area contributed by atoms with E-state index in [2.05, 4.69) is 10.3 Å². The van der Waals surface area contributed by atoms with Crippen LogP contribution in [0.25, 0.3) is 0 Å². The highest BCUT2D eigenvalue weighted by Gasteiger charge is 2.05. The third kappa shape index (κ3) is 3.44. The minimum atomic E-state index is -0.255. The molecular formula is C14H16N4O2. The number of hydrogen-bond acceptors (Lipinski definition) is 4. The molecule has 3 N–H and O–H groups in total. The lowest BCUT2D eigenvalue weighted by Gasteiger charge is -2.09. The molecule has 104 valence electrons. The molecule has 0 saturated heterocycles. The molecule has 0 unspecified atom stereocenters. The van der Waals surface area contributed by atoms with Crippen LogP contribution in [-0.2, 0) is 17.9 Å². The van der Waals surface area contributed by atoms with Gasteiger partial charge in [-0.05, 0) is 30.2 Å². The summed E-state index contributed by atoms with van der Waals surface area (Å²) in [4.78, 5) is 27.4. The highest BCUT2D eigenvalue weighted by Crippen LogP contribution is 2.04. The van der Waals surface area contributed by atoms with Crippen molar-refractivity contribution in [3.8, 4) is 0 Å². The van der Waals surface area contributed by atoms with Crippen molar-refractivity contribution in [1.29, 1.82) is 0 Å². The molecule has 0 atom stereocenters. The van der Waals surface area contributed by atoms with Crippen molar-refractivity contribution in [1.82, 2.24) is 14.9 Å². The first-order chi connectivity index (χ1) is 9.56. The van der Waals surface area contributed by atoms with Gasteiger partial charge in [0.25, 0.3) is 5.56 Å². The van der Waals surface area contributed by atoms with E-state index in [4.69, 9.17) is 5.73 Å². The van der Waals surface area contributed by atoms with Crippen molar-refractivity contribution in [3.05, 3.63) is 58.3 Å². The summed E-state index contributed by atoms with van der Waals surface area (Å²) in [5.74, 6) is -0.242. The third-order valence-electron chi connectivity index (χ3n) is 2.93. The Morgan fingerprint density at radius 1 is 1.40 bits per heavy atom. The Morgan fingerprint density at radius 3 is 2.95 bits per heavy atom. The minimum Gasteiger partial charge on any atom is -0.398 e. The molecule has 2 rings (SSSR count). The Hall–Kier alpha value is -2.63. The van der Waals surface area contributed by atoms with E-state index in [1.54, 1.807) is 12.4 Å². The largest absolute Gasteiger partial charge is 0.398 e. The molecule has 0 aliphatic carbocycles. The van der Waals surface area contributed by atoms with E-state index in [1.807, 2.05) is 13.0 Å². The van der Waals surface area contributed by atoms with E-state index in [0.29, 0.717) is 12.2 Å². The predicted octanol–water partition coefficient (Wildman–Crippen LogP) is 0.450. The summed E-state index contributed by atoms with van der Waals surface area (Å²) in [5.41, 5.74) is 7.78. The summed E-state index contributed by atoms with van der Waals surface area (Å²) < 4.78 is 1.28. The second kappa shape index (κ2) is 6.01. The molecule has 0 aliphatic rings. The third-order valence-corrected chi connectivity index (χ3v) is 2.93. The molecule has 0 aromatic carbocycles. The van der Waals surface area contributed by atoms with Gasteiger partial charge in [0.05, 0.1) is 0 Å². The van der Waals surface area contributed by atoms with Gasteiger partial charge >= 0.3 is 0 Å². The summed E-state index contributed by atoms with van der Waals surface area (Å²) in [6.07, 6.45) is 4.88. The summed E-state index contributed by atoms with van der Waals surface area (Å²) in [5, 5.41) is 2.77. The van der Waals surface area contributed by atoms with E-state index in [0.717, 1.165) is 11.1 Å². The lowest BCUT2D eigenvalue weighted by Crippen LogP contribution is -2.31. The van der Waals surface area contributed by atoms with Gasteiger partial charge in [0.1, 0.15) is 6.54 Å². The molecule has 6 heteroatoms. The monoisotopic (exact) mass is 272 g/mol. The molecule has 0 aliphatic heterocycles. The lowest BCUT2D eigenvalue weighted by atomic mass is 10.1. The van der Waals surface area contributed by atoms with Gasteiger partial charge < -0.3 is 15.6 Å². The molecule has 0 radical (unpaired) electrons. The fourth-order valence-electron chi connectivity index (χ4n) is 1.78. The van der Waals surface area contributed by atoms with E-state index in [-0.39, 0.29) is 18.0 Å². The van der Waals surface area contributed by atoms with E-state index in [1.165, 1.54) is 22.9 Å². The Balaban J connectivity index is 1.98. The molecule has 0 bridgehead atoms. The minimum absolute atomic E-state index is 0.0476. The molecule has 2 aromatic heterocycles. The fourth-order valence-corrected chi connectivity index (χ4v) is 1.78. The molecule has 6 nitrogen and oxygen atoms in total. The molecule has 20 heavy (non-hydrogen) atoms. The number of amides is 1. The van der Waals surface area contributed by atoms with Gasteiger partial charge in [0.15, 0.2) is 0 Å². The van der Waals surface area contributed by atoms with Crippen LogP contribution in [0, 0.1) is 6.92 Å². The fraction of sp³-hybridized carbons (Fsp3) is 0.214. The Morgan fingerprint density at radius 2 is 2.20 bits per heavy atom.